The van der Waals surface area contributed by atoms with Crippen LogP contribution in [0, 0.1) is 5.92 Å². The molecule has 1 saturated carbocycles. The Hall–Kier alpha value is -2.73. The van der Waals surface area contributed by atoms with E-state index in [9.17, 15) is 9.90 Å². The molecule has 0 radical (unpaired) electrons. The molecule has 1 aromatic carbocycles. The highest BCUT2D eigenvalue weighted by atomic mass is 16.3. The molecule has 1 aliphatic rings. The fourth-order valence-corrected chi connectivity index (χ4v) is 4.05. The molecule has 0 bridgehead atoms. The molecule has 1 unspecified atom stereocenters. The van der Waals surface area contributed by atoms with Gasteiger partial charge < -0.3 is 10.4 Å². The Balaban J connectivity index is 1.53. The second kappa shape index (κ2) is 7.48. The van der Waals surface area contributed by atoms with Crippen molar-refractivity contribution in [3.63, 3.8) is 0 Å². The van der Waals surface area contributed by atoms with E-state index in [2.05, 4.69) is 15.4 Å². The molecule has 3 atom stereocenters. The van der Waals surface area contributed by atoms with Crippen molar-refractivity contribution in [2.24, 2.45) is 5.92 Å². The van der Waals surface area contributed by atoms with E-state index >= 15 is 0 Å². The number of aliphatic hydroxyl groups excluding tert-OH is 1. The van der Waals surface area contributed by atoms with E-state index in [1.54, 1.807) is 12.4 Å². The molecular weight excluding hydrogens is 340 g/mol. The molecule has 6 heteroatoms. The first-order chi connectivity index (χ1) is 13.2. The summed E-state index contributed by atoms with van der Waals surface area (Å²) >= 11 is 0. The first kappa shape index (κ1) is 17.7. The van der Waals surface area contributed by atoms with Crippen molar-refractivity contribution < 1.29 is 9.90 Å². The average Bonchev–Trinajstić information content (AvgIpc) is 3.30. The molecule has 0 aliphatic heterocycles. The summed E-state index contributed by atoms with van der Waals surface area (Å²) in [4.78, 5) is 17.6. The lowest BCUT2D eigenvalue weighted by Gasteiger charge is -2.18. The molecule has 6 nitrogen and oxygen atoms in total. The molecule has 1 amide bonds. The van der Waals surface area contributed by atoms with E-state index in [-0.39, 0.29) is 11.9 Å². The van der Waals surface area contributed by atoms with E-state index in [1.165, 1.54) is 0 Å². The van der Waals surface area contributed by atoms with Gasteiger partial charge in [-0.05, 0) is 42.9 Å². The number of hydrogen-bond donors (Lipinski definition) is 2. The third kappa shape index (κ3) is 3.57. The van der Waals surface area contributed by atoms with Gasteiger partial charge in [0.25, 0.3) is 5.91 Å². The van der Waals surface area contributed by atoms with E-state index in [0.717, 1.165) is 35.9 Å². The predicted octanol–water partition coefficient (Wildman–Crippen LogP) is 2.56. The number of rotatable bonds is 5. The fraction of sp³-hybridized carbons (Fsp3) is 0.381. The molecule has 27 heavy (non-hydrogen) atoms. The Morgan fingerprint density at radius 3 is 2.93 bits per heavy atom. The van der Waals surface area contributed by atoms with Crippen LogP contribution >= 0.6 is 0 Å². The van der Waals surface area contributed by atoms with Crippen molar-refractivity contribution in [3.8, 4) is 0 Å². The minimum Gasteiger partial charge on any atom is -0.391 e. The molecule has 2 aromatic heterocycles. The van der Waals surface area contributed by atoms with Crippen LogP contribution in [0.4, 0.5) is 0 Å². The molecule has 0 spiro atoms. The molecular formula is C21H24N4O2. The topological polar surface area (TPSA) is 80.0 Å². The lowest BCUT2D eigenvalue weighted by atomic mass is 10.0. The summed E-state index contributed by atoms with van der Waals surface area (Å²) in [5.41, 5.74) is 2.40. The Labute approximate surface area is 158 Å². The summed E-state index contributed by atoms with van der Waals surface area (Å²) in [6.45, 7) is 2.78. The van der Waals surface area contributed by atoms with Crippen LogP contribution in [0.25, 0.3) is 10.9 Å². The number of carbonyl (C=O) groups is 1. The number of aryl methyl sites for hydroxylation is 1. The summed E-state index contributed by atoms with van der Waals surface area (Å²) in [5, 5.41) is 18.6. The summed E-state index contributed by atoms with van der Waals surface area (Å²) in [6.07, 6.45) is 7.08. The highest BCUT2D eigenvalue weighted by molar-refractivity contribution is 6.07. The van der Waals surface area contributed by atoms with Gasteiger partial charge in [-0.1, -0.05) is 25.1 Å². The highest BCUT2D eigenvalue weighted by Gasteiger charge is 2.34. The van der Waals surface area contributed by atoms with Crippen LogP contribution in [0.2, 0.25) is 0 Å². The Morgan fingerprint density at radius 2 is 2.15 bits per heavy atom. The van der Waals surface area contributed by atoms with Crippen LogP contribution in [0.5, 0.6) is 0 Å². The zero-order chi connectivity index (χ0) is 18.8. The number of aromatic nitrogens is 3. The zero-order valence-corrected chi connectivity index (χ0v) is 15.4. The number of fused-ring (bicyclic) bond motifs is 1. The van der Waals surface area contributed by atoms with E-state index in [0.29, 0.717) is 17.9 Å². The lowest BCUT2D eigenvalue weighted by molar-refractivity contribution is 0.0873. The minimum atomic E-state index is -0.535. The number of benzene rings is 1. The predicted molar refractivity (Wildman–Crippen MR) is 103 cm³/mol. The maximum atomic E-state index is 13.1. The Kier molecular flexibility index (Phi) is 4.90. The Bertz CT molecular complexity index is 939. The van der Waals surface area contributed by atoms with E-state index < -0.39 is 6.10 Å². The number of aliphatic hydroxyl groups is 1. The van der Waals surface area contributed by atoms with Crippen molar-refractivity contribution in [2.45, 2.75) is 44.9 Å². The van der Waals surface area contributed by atoms with Gasteiger partial charge in [0.05, 0.1) is 23.2 Å². The van der Waals surface area contributed by atoms with Crippen LogP contribution in [0.3, 0.4) is 0 Å². The molecule has 0 saturated heterocycles. The SMILES string of the molecule is CCc1cnc2ccccc2c1C(=O)N[C@@H]1CC(Cn2cccn2)C[C@H]1O. The van der Waals surface area contributed by atoms with Gasteiger partial charge in [0.2, 0.25) is 0 Å². The maximum absolute atomic E-state index is 13.1. The standard InChI is InChI=1S/C21H24N4O2/c1-2-15-12-22-17-7-4-3-6-16(17)20(15)21(27)24-18-10-14(11-19(18)26)13-25-9-5-8-23-25/h3-9,12,14,18-19,26H,2,10-11,13H2,1H3,(H,24,27)/t14?,18-,19-/m1/s1. The number of nitrogens with one attached hydrogen (secondary N) is 1. The zero-order valence-electron chi connectivity index (χ0n) is 15.4. The fourth-order valence-electron chi connectivity index (χ4n) is 4.05. The number of pyridine rings is 1. The summed E-state index contributed by atoms with van der Waals surface area (Å²) in [6, 6.07) is 9.34. The van der Waals surface area contributed by atoms with Gasteiger partial charge in [-0.25, -0.2) is 0 Å². The number of nitrogens with zero attached hydrogens (tertiary/aromatic N) is 3. The van der Waals surface area contributed by atoms with Crippen LogP contribution in [0.15, 0.2) is 48.9 Å². The molecule has 4 rings (SSSR count). The van der Waals surface area contributed by atoms with Gasteiger partial charge in [0.15, 0.2) is 0 Å². The van der Waals surface area contributed by atoms with Crippen molar-refractivity contribution in [1.82, 2.24) is 20.1 Å². The normalized spacial score (nSPS) is 22.2. The van der Waals surface area contributed by atoms with Gasteiger partial charge >= 0.3 is 0 Å². The van der Waals surface area contributed by atoms with Crippen LogP contribution in [-0.4, -0.2) is 37.9 Å². The van der Waals surface area contributed by atoms with Gasteiger partial charge in [0.1, 0.15) is 0 Å². The first-order valence-electron chi connectivity index (χ1n) is 9.48. The number of amides is 1. The second-order valence-electron chi connectivity index (χ2n) is 7.24. The molecule has 1 fully saturated rings. The number of hydrogen-bond acceptors (Lipinski definition) is 4. The van der Waals surface area contributed by atoms with Gasteiger partial charge in [-0.2, -0.15) is 5.10 Å². The van der Waals surface area contributed by atoms with Crippen molar-refractivity contribution >= 4 is 16.8 Å². The summed E-state index contributed by atoms with van der Waals surface area (Å²) < 4.78 is 1.88. The van der Waals surface area contributed by atoms with Gasteiger partial charge in [-0.3, -0.25) is 14.5 Å². The minimum absolute atomic E-state index is 0.130. The number of carbonyl (C=O) groups excluding carboxylic acids is 1. The van der Waals surface area contributed by atoms with Crippen molar-refractivity contribution in [2.75, 3.05) is 0 Å². The lowest BCUT2D eigenvalue weighted by Crippen LogP contribution is -2.40. The molecule has 1 aliphatic carbocycles. The van der Waals surface area contributed by atoms with Crippen molar-refractivity contribution in [1.29, 1.82) is 0 Å². The second-order valence-corrected chi connectivity index (χ2v) is 7.24. The van der Waals surface area contributed by atoms with E-state index in [4.69, 9.17) is 0 Å². The number of para-hydroxylation sites is 1. The molecule has 2 N–H and O–H groups in total. The summed E-state index contributed by atoms with van der Waals surface area (Å²) in [5.74, 6) is 0.166. The highest BCUT2D eigenvalue weighted by Crippen LogP contribution is 2.28. The van der Waals surface area contributed by atoms with Crippen LogP contribution < -0.4 is 5.32 Å². The summed E-state index contributed by atoms with van der Waals surface area (Å²) in [7, 11) is 0. The third-order valence-corrected chi connectivity index (χ3v) is 5.41. The monoisotopic (exact) mass is 364 g/mol. The smallest absolute Gasteiger partial charge is 0.252 e. The quantitative estimate of drug-likeness (QED) is 0.729. The molecule has 3 aromatic rings. The molecule has 2 heterocycles. The largest absolute Gasteiger partial charge is 0.391 e. The van der Waals surface area contributed by atoms with Gasteiger partial charge in [-0.15, -0.1) is 0 Å². The van der Waals surface area contributed by atoms with Crippen LogP contribution in [-0.2, 0) is 13.0 Å². The average molecular weight is 364 g/mol. The molecule has 140 valence electrons. The third-order valence-electron chi connectivity index (χ3n) is 5.41. The maximum Gasteiger partial charge on any atom is 0.252 e. The van der Waals surface area contributed by atoms with Crippen molar-refractivity contribution in [3.05, 3.63) is 60.0 Å². The van der Waals surface area contributed by atoms with Crippen LogP contribution in [0.1, 0.15) is 35.7 Å². The van der Waals surface area contributed by atoms with Gasteiger partial charge in [0, 0.05) is 30.5 Å². The van der Waals surface area contributed by atoms with E-state index in [1.807, 2.05) is 48.1 Å². The Morgan fingerprint density at radius 1 is 1.30 bits per heavy atom. The first-order valence-corrected chi connectivity index (χ1v) is 9.48.